The van der Waals surface area contributed by atoms with Crippen LogP contribution in [0.2, 0.25) is 0 Å². The highest BCUT2D eigenvalue weighted by Crippen LogP contribution is 2.74. The number of hydrogen-bond acceptors (Lipinski definition) is 5. The molecule has 0 amide bonds. The SMILES string of the molecule is CC(=O)OCC(=O)C1=CCC2C3CC(F)C4=CC(=O)C=C[C@]4(C)[C@@]34OC4C[C@]12C. The van der Waals surface area contributed by atoms with Gasteiger partial charge in [-0.1, -0.05) is 19.1 Å². The average Bonchev–Trinajstić information content (AvgIpc) is 3.27. The van der Waals surface area contributed by atoms with Gasteiger partial charge in [-0.3, -0.25) is 14.4 Å². The van der Waals surface area contributed by atoms with Crippen LogP contribution in [-0.2, 0) is 23.9 Å². The fourth-order valence-corrected chi connectivity index (χ4v) is 6.89. The summed E-state index contributed by atoms with van der Waals surface area (Å²) in [5.74, 6) is -0.795. The van der Waals surface area contributed by atoms with Gasteiger partial charge in [0.25, 0.3) is 0 Å². The summed E-state index contributed by atoms with van der Waals surface area (Å²) in [6, 6.07) is 0. The highest BCUT2D eigenvalue weighted by molar-refractivity contribution is 6.01. The van der Waals surface area contributed by atoms with Crippen LogP contribution >= 0.6 is 0 Å². The number of carbonyl (C=O) groups is 3. The van der Waals surface area contributed by atoms with E-state index in [1.165, 1.54) is 19.1 Å². The molecule has 154 valence electrons. The molecule has 5 nitrogen and oxygen atoms in total. The third kappa shape index (κ3) is 2.26. The van der Waals surface area contributed by atoms with Crippen molar-refractivity contribution in [1.82, 2.24) is 0 Å². The molecule has 5 aliphatic rings. The molecule has 4 unspecified atom stereocenters. The minimum Gasteiger partial charge on any atom is -0.457 e. The van der Waals surface area contributed by atoms with E-state index in [-0.39, 0.29) is 36.1 Å². The van der Waals surface area contributed by atoms with E-state index in [1.54, 1.807) is 0 Å². The topological polar surface area (TPSA) is 73.0 Å². The summed E-state index contributed by atoms with van der Waals surface area (Å²) >= 11 is 0. The second-order valence-electron chi connectivity index (χ2n) is 9.53. The number of Topliss-reactive ketones (excluding diaryl/α,β-unsaturated/α-hetero) is 1. The molecule has 4 aliphatic carbocycles. The molecule has 6 heteroatoms. The molecule has 0 aromatic rings. The van der Waals surface area contributed by atoms with E-state index in [0.717, 1.165) is 0 Å². The number of epoxide rings is 1. The molecule has 2 saturated carbocycles. The minimum absolute atomic E-state index is 0.0449. The number of halogens is 1. The summed E-state index contributed by atoms with van der Waals surface area (Å²) in [7, 11) is 0. The first-order valence-electron chi connectivity index (χ1n) is 10.3. The Morgan fingerprint density at radius 1 is 1.31 bits per heavy atom. The summed E-state index contributed by atoms with van der Waals surface area (Å²) < 4.78 is 26.6. The minimum atomic E-state index is -1.20. The molecule has 3 fully saturated rings. The van der Waals surface area contributed by atoms with Gasteiger partial charge in [0.2, 0.25) is 0 Å². The van der Waals surface area contributed by atoms with Gasteiger partial charge in [0.1, 0.15) is 11.8 Å². The first-order valence-corrected chi connectivity index (χ1v) is 10.3. The molecule has 1 aliphatic heterocycles. The van der Waals surface area contributed by atoms with Gasteiger partial charge >= 0.3 is 5.97 Å². The quantitative estimate of drug-likeness (QED) is 0.538. The van der Waals surface area contributed by atoms with Gasteiger partial charge in [-0.15, -0.1) is 0 Å². The van der Waals surface area contributed by atoms with E-state index < -0.39 is 28.6 Å². The van der Waals surface area contributed by atoms with E-state index in [2.05, 4.69) is 6.92 Å². The number of hydrogen-bond donors (Lipinski definition) is 0. The van der Waals surface area contributed by atoms with Crippen molar-refractivity contribution in [1.29, 1.82) is 0 Å². The Morgan fingerprint density at radius 3 is 2.79 bits per heavy atom. The zero-order valence-electron chi connectivity index (χ0n) is 16.9. The highest BCUT2D eigenvalue weighted by Gasteiger charge is 2.79. The van der Waals surface area contributed by atoms with Gasteiger partial charge in [-0.05, 0) is 55.7 Å². The molecule has 0 N–H and O–H groups in total. The number of fused-ring (bicyclic) bond motifs is 3. The lowest BCUT2D eigenvalue weighted by Gasteiger charge is -2.54. The second kappa shape index (κ2) is 5.75. The number of rotatable bonds is 3. The Balaban J connectivity index is 1.49. The lowest BCUT2D eigenvalue weighted by Crippen LogP contribution is -2.59. The van der Waals surface area contributed by atoms with Crippen LogP contribution < -0.4 is 0 Å². The standard InChI is InChI=1S/C23H25FO5/c1-12(25)28-11-19(27)15-5-4-14-16-9-18(24)17-8-13(26)6-7-22(17,3)23(16)20(29-23)10-21(14,15)2/h5-8,14,16,18,20H,4,9-11H2,1-3H3/t14?,16?,18?,20?,21-,22-,23+/m0/s1. The van der Waals surface area contributed by atoms with Crippen LogP contribution in [0.25, 0.3) is 0 Å². The Morgan fingerprint density at radius 2 is 2.07 bits per heavy atom. The number of carbonyl (C=O) groups excluding carboxylic acids is 3. The van der Waals surface area contributed by atoms with Crippen molar-refractivity contribution < 1.29 is 28.2 Å². The normalized spacial score (nSPS) is 46.6. The van der Waals surface area contributed by atoms with Gasteiger partial charge in [-0.25, -0.2) is 4.39 Å². The van der Waals surface area contributed by atoms with Gasteiger partial charge in [-0.2, -0.15) is 0 Å². The molecule has 0 radical (unpaired) electrons. The van der Waals surface area contributed by atoms with Gasteiger partial charge in [0.15, 0.2) is 18.2 Å². The van der Waals surface area contributed by atoms with E-state index in [1.807, 2.05) is 19.1 Å². The molecular formula is C23H25FO5. The second-order valence-corrected chi connectivity index (χ2v) is 9.53. The largest absolute Gasteiger partial charge is 0.457 e. The van der Waals surface area contributed by atoms with Crippen molar-refractivity contribution in [3.63, 3.8) is 0 Å². The molecule has 5 rings (SSSR count). The van der Waals surface area contributed by atoms with Crippen LogP contribution in [0.3, 0.4) is 0 Å². The van der Waals surface area contributed by atoms with Crippen LogP contribution in [0.1, 0.15) is 40.0 Å². The molecule has 1 saturated heterocycles. The van der Waals surface area contributed by atoms with E-state index in [0.29, 0.717) is 30.4 Å². The average molecular weight is 400 g/mol. The zero-order chi connectivity index (χ0) is 20.8. The van der Waals surface area contributed by atoms with Gasteiger partial charge < -0.3 is 9.47 Å². The van der Waals surface area contributed by atoms with E-state index in [4.69, 9.17) is 9.47 Å². The van der Waals surface area contributed by atoms with Crippen LogP contribution in [0.15, 0.2) is 35.5 Å². The van der Waals surface area contributed by atoms with Crippen molar-refractivity contribution >= 4 is 17.5 Å². The van der Waals surface area contributed by atoms with Crippen LogP contribution in [-0.4, -0.2) is 42.0 Å². The Kier molecular flexibility index (Phi) is 3.75. The molecule has 29 heavy (non-hydrogen) atoms. The van der Waals surface area contributed by atoms with E-state index >= 15 is 4.39 Å². The van der Waals surface area contributed by atoms with E-state index in [9.17, 15) is 14.4 Å². The summed E-state index contributed by atoms with van der Waals surface area (Å²) in [4.78, 5) is 35.8. The predicted octanol–water partition coefficient (Wildman–Crippen LogP) is 3.04. The molecular weight excluding hydrogens is 375 g/mol. The highest BCUT2D eigenvalue weighted by atomic mass is 19.1. The number of allylic oxidation sites excluding steroid dienone is 3. The van der Waals surface area contributed by atoms with Gasteiger partial charge in [0, 0.05) is 23.3 Å². The third-order valence-electron chi connectivity index (χ3n) is 8.21. The smallest absolute Gasteiger partial charge is 0.303 e. The first kappa shape index (κ1) is 18.9. The molecule has 0 bridgehead atoms. The third-order valence-corrected chi connectivity index (χ3v) is 8.21. The summed E-state index contributed by atoms with van der Waals surface area (Å²) in [5.41, 5.74) is -0.350. The molecule has 0 aromatic carbocycles. The number of ketones is 2. The van der Waals surface area contributed by atoms with Crippen LogP contribution in [0.4, 0.5) is 4.39 Å². The van der Waals surface area contributed by atoms with Crippen LogP contribution in [0.5, 0.6) is 0 Å². The fraction of sp³-hybridized carbons (Fsp3) is 0.609. The predicted molar refractivity (Wildman–Crippen MR) is 101 cm³/mol. The first-order chi connectivity index (χ1) is 13.6. The van der Waals surface area contributed by atoms with Crippen molar-refractivity contribution in [2.24, 2.45) is 22.7 Å². The summed E-state index contributed by atoms with van der Waals surface area (Å²) in [6.45, 7) is 5.07. The Labute approximate surface area is 169 Å². The number of ether oxygens (including phenoxy) is 2. The van der Waals surface area contributed by atoms with Crippen molar-refractivity contribution in [2.45, 2.75) is 57.9 Å². The fourth-order valence-electron chi connectivity index (χ4n) is 6.89. The maximum Gasteiger partial charge on any atom is 0.303 e. The molecule has 0 aromatic heterocycles. The van der Waals surface area contributed by atoms with Crippen molar-refractivity contribution in [2.75, 3.05) is 6.61 Å². The summed E-state index contributed by atoms with van der Waals surface area (Å²) in [5, 5.41) is 0. The lowest BCUT2D eigenvalue weighted by molar-refractivity contribution is -0.145. The molecule has 1 spiro atoms. The molecule has 1 heterocycles. The Hall–Kier alpha value is -2.08. The van der Waals surface area contributed by atoms with Gasteiger partial charge in [0.05, 0.1) is 6.10 Å². The Bertz CT molecular complexity index is 932. The maximum atomic E-state index is 15.3. The molecule has 7 atom stereocenters. The zero-order valence-corrected chi connectivity index (χ0v) is 16.9. The van der Waals surface area contributed by atoms with Crippen molar-refractivity contribution in [3.05, 3.63) is 35.5 Å². The monoisotopic (exact) mass is 400 g/mol. The van der Waals surface area contributed by atoms with Crippen LogP contribution in [0, 0.1) is 22.7 Å². The lowest BCUT2D eigenvalue weighted by atomic mass is 9.47. The number of esters is 1. The van der Waals surface area contributed by atoms with Crippen molar-refractivity contribution in [3.8, 4) is 0 Å². The summed E-state index contributed by atoms with van der Waals surface area (Å²) in [6.07, 6.45) is 7.14. The maximum absolute atomic E-state index is 15.3. The number of alkyl halides is 1.